The number of nitrogens with zero attached hydrogens (tertiary/aromatic N) is 3. The molecule has 0 spiro atoms. The number of hydrogen-bond acceptors (Lipinski definition) is 4. The molecule has 2 aromatic carbocycles. The summed E-state index contributed by atoms with van der Waals surface area (Å²) in [5.41, 5.74) is 4.97. The fourth-order valence-electron chi connectivity index (χ4n) is 3.42. The Balaban J connectivity index is 1.69. The Labute approximate surface area is 192 Å². The van der Waals surface area contributed by atoms with E-state index in [4.69, 9.17) is 16.3 Å². The molecular weight excluding hydrogens is 428 g/mol. The molecule has 0 aliphatic rings. The van der Waals surface area contributed by atoms with E-state index in [9.17, 15) is 9.59 Å². The lowest BCUT2D eigenvalue weighted by atomic mass is 10.1. The van der Waals surface area contributed by atoms with Crippen molar-refractivity contribution in [3.63, 3.8) is 0 Å². The molecule has 1 aromatic heterocycles. The zero-order chi connectivity index (χ0) is 23.3. The number of rotatable bonds is 7. The van der Waals surface area contributed by atoms with Crippen LogP contribution in [0.5, 0.6) is 0 Å². The van der Waals surface area contributed by atoms with Crippen LogP contribution < -0.4 is 5.32 Å². The first-order valence-electron chi connectivity index (χ1n) is 10.4. The molecule has 0 unspecified atom stereocenters. The summed E-state index contributed by atoms with van der Waals surface area (Å²) in [6.45, 7) is 6.98. The zero-order valence-corrected chi connectivity index (χ0v) is 19.4. The summed E-state index contributed by atoms with van der Waals surface area (Å²) in [7, 11) is 1.76. The SMILES string of the molecule is CCOC(=O)Nc1ccc(C(=O)N(C)Cc2c(C)nn(Cc3ccccc3Cl)c2C)cc1. The summed E-state index contributed by atoms with van der Waals surface area (Å²) in [6.07, 6.45) is -0.525. The van der Waals surface area contributed by atoms with E-state index in [0.29, 0.717) is 36.0 Å². The van der Waals surface area contributed by atoms with Crippen molar-refractivity contribution < 1.29 is 14.3 Å². The van der Waals surface area contributed by atoms with E-state index in [1.165, 1.54) is 0 Å². The molecule has 0 atom stereocenters. The number of halogens is 1. The summed E-state index contributed by atoms with van der Waals surface area (Å²) in [5, 5.41) is 7.97. The molecule has 3 rings (SSSR count). The van der Waals surface area contributed by atoms with Gasteiger partial charge in [-0.2, -0.15) is 5.10 Å². The van der Waals surface area contributed by atoms with Crippen LogP contribution in [-0.4, -0.2) is 40.3 Å². The van der Waals surface area contributed by atoms with Gasteiger partial charge in [-0.1, -0.05) is 29.8 Å². The Bertz CT molecular complexity index is 1110. The van der Waals surface area contributed by atoms with Gasteiger partial charge < -0.3 is 9.64 Å². The minimum absolute atomic E-state index is 0.120. The van der Waals surface area contributed by atoms with E-state index in [-0.39, 0.29) is 5.91 Å². The molecule has 0 saturated heterocycles. The number of anilines is 1. The van der Waals surface area contributed by atoms with Crippen LogP contribution in [0.15, 0.2) is 48.5 Å². The Hall–Kier alpha value is -3.32. The average molecular weight is 455 g/mol. The Morgan fingerprint density at radius 3 is 2.47 bits per heavy atom. The first-order valence-corrected chi connectivity index (χ1v) is 10.7. The van der Waals surface area contributed by atoms with Crippen molar-refractivity contribution in [1.29, 1.82) is 0 Å². The number of amides is 2. The first kappa shape index (κ1) is 23.3. The van der Waals surface area contributed by atoms with Crippen molar-refractivity contribution >= 4 is 29.3 Å². The van der Waals surface area contributed by atoms with Gasteiger partial charge in [0.15, 0.2) is 0 Å². The van der Waals surface area contributed by atoms with Crippen molar-refractivity contribution in [1.82, 2.24) is 14.7 Å². The number of hydrogen-bond donors (Lipinski definition) is 1. The van der Waals surface area contributed by atoms with Crippen LogP contribution in [0.4, 0.5) is 10.5 Å². The van der Waals surface area contributed by atoms with Crippen molar-refractivity contribution in [2.24, 2.45) is 0 Å². The van der Waals surface area contributed by atoms with Crippen LogP contribution in [0.3, 0.4) is 0 Å². The maximum Gasteiger partial charge on any atom is 0.411 e. The van der Waals surface area contributed by atoms with E-state index < -0.39 is 6.09 Å². The summed E-state index contributed by atoms with van der Waals surface area (Å²) in [6, 6.07) is 14.4. The lowest BCUT2D eigenvalue weighted by molar-refractivity contribution is 0.0784. The van der Waals surface area contributed by atoms with Crippen LogP contribution in [0, 0.1) is 13.8 Å². The minimum Gasteiger partial charge on any atom is -0.450 e. The number of carbonyl (C=O) groups excluding carboxylic acids is 2. The fourth-order valence-corrected chi connectivity index (χ4v) is 3.61. The summed E-state index contributed by atoms with van der Waals surface area (Å²) in [4.78, 5) is 26.1. The molecule has 0 aliphatic heterocycles. The van der Waals surface area contributed by atoms with Crippen LogP contribution in [0.25, 0.3) is 0 Å². The highest BCUT2D eigenvalue weighted by molar-refractivity contribution is 6.31. The molecule has 3 aromatic rings. The maximum absolute atomic E-state index is 12.9. The third-order valence-corrected chi connectivity index (χ3v) is 5.57. The third-order valence-electron chi connectivity index (χ3n) is 5.20. The van der Waals surface area contributed by atoms with E-state index >= 15 is 0 Å². The fraction of sp³-hybridized carbons (Fsp3) is 0.292. The average Bonchev–Trinajstić information content (AvgIpc) is 3.03. The highest BCUT2D eigenvalue weighted by Gasteiger charge is 2.18. The molecule has 0 aliphatic carbocycles. The molecule has 32 heavy (non-hydrogen) atoms. The molecule has 0 fully saturated rings. The van der Waals surface area contributed by atoms with E-state index in [0.717, 1.165) is 22.5 Å². The number of aryl methyl sites for hydroxylation is 1. The number of benzene rings is 2. The van der Waals surface area contributed by atoms with Crippen molar-refractivity contribution in [2.45, 2.75) is 33.9 Å². The molecular formula is C24H27ClN4O3. The van der Waals surface area contributed by atoms with Crippen LogP contribution in [0.2, 0.25) is 5.02 Å². The smallest absolute Gasteiger partial charge is 0.411 e. The zero-order valence-electron chi connectivity index (χ0n) is 18.7. The third kappa shape index (κ3) is 5.48. The monoisotopic (exact) mass is 454 g/mol. The lowest BCUT2D eigenvalue weighted by Crippen LogP contribution is -2.26. The summed E-state index contributed by atoms with van der Waals surface area (Å²) >= 11 is 6.30. The van der Waals surface area contributed by atoms with Crippen molar-refractivity contribution in [3.8, 4) is 0 Å². The summed E-state index contributed by atoms with van der Waals surface area (Å²) < 4.78 is 6.77. The Morgan fingerprint density at radius 1 is 1.12 bits per heavy atom. The number of ether oxygens (including phenoxy) is 1. The topological polar surface area (TPSA) is 76.5 Å². The Kier molecular flexibility index (Phi) is 7.53. The molecule has 2 amide bonds. The van der Waals surface area contributed by atoms with E-state index in [1.807, 2.05) is 42.8 Å². The molecule has 7 nitrogen and oxygen atoms in total. The van der Waals surface area contributed by atoms with Gasteiger partial charge in [0.25, 0.3) is 5.91 Å². The first-order chi connectivity index (χ1) is 15.3. The number of aromatic nitrogens is 2. The van der Waals surface area contributed by atoms with Gasteiger partial charge in [0.2, 0.25) is 0 Å². The van der Waals surface area contributed by atoms with E-state index in [2.05, 4.69) is 10.4 Å². The number of nitrogens with one attached hydrogen (secondary N) is 1. The molecule has 8 heteroatoms. The number of carbonyl (C=O) groups is 2. The highest BCUT2D eigenvalue weighted by Crippen LogP contribution is 2.21. The van der Waals surface area contributed by atoms with Gasteiger partial charge in [-0.3, -0.25) is 14.8 Å². The lowest BCUT2D eigenvalue weighted by Gasteiger charge is -2.18. The van der Waals surface area contributed by atoms with Crippen LogP contribution in [-0.2, 0) is 17.8 Å². The van der Waals surface area contributed by atoms with Gasteiger partial charge in [0.1, 0.15) is 0 Å². The highest BCUT2D eigenvalue weighted by atomic mass is 35.5. The second-order valence-electron chi connectivity index (χ2n) is 7.48. The second-order valence-corrected chi connectivity index (χ2v) is 7.89. The van der Waals surface area contributed by atoms with Gasteiger partial charge in [-0.25, -0.2) is 4.79 Å². The predicted octanol–water partition coefficient (Wildman–Crippen LogP) is 5.04. The van der Waals surface area contributed by atoms with Crippen LogP contribution >= 0.6 is 11.6 Å². The predicted molar refractivity (Wildman–Crippen MR) is 125 cm³/mol. The standard InChI is InChI=1S/C24H27ClN4O3/c1-5-32-24(31)26-20-12-10-18(11-13-20)23(30)28(4)15-21-16(2)27-29(17(21)3)14-19-8-6-7-9-22(19)25/h6-13H,5,14-15H2,1-4H3,(H,26,31). The molecule has 0 radical (unpaired) electrons. The van der Waals surface area contributed by atoms with Crippen molar-refractivity contribution in [2.75, 3.05) is 19.0 Å². The van der Waals surface area contributed by atoms with Gasteiger partial charge in [0, 0.05) is 41.1 Å². The molecule has 1 heterocycles. The molecule has 168 valence electrons. The maximum atomic E-state index is 12.9. The van der Waals surface area contributed by atoms with Crippen molar-refractivity contribution in [3.05, 3.63) is 81.6 Å². The largest absolute Gasteiger partial charge is 0.450 e. The molecule has 0 saturated carbocycles. The van der Waals surface area contributed by atoms with Gasteiger partial charge in [0.05, 0.1) is 18.8 Å². The second kappa shape index (κ2) is 10.3. The minimum atomic E-state index is -0.525. The Morgan fingerprint density at radius 2 is 1.81 bits per heavy atom. The van der Waals surface area contributed by atoms with E-state index in [1.54, 1.807) is 43.1 Å². The van der Waals surface area contributed by atoms with Gasteiger partial charge in [-0.15, -0.1) is 0 Å². The quantitative estimate of drug-likeness (QED) is 0.542. The normalized spacial score (nSPS) is 10.7. The van der Waals surface area contributed by atoms with Gasteiger partial charge >= 0.3 is 6.09 Å². The molecule has 0 bridgehead atoms. The molecule has 1 N–H and O–H groups in total. The van der Waals surface area contributed by atoms with Gasteiger partial charge in [-0.05, 0) is 56.7 Å². The van der Waals surface area contributed by atoms with Crippen LogP contribution in [0.1, 0.15) is 39.8 Å². The summed E-state index contributed by atoms with van der Waals surface area (Å²) in [5.74, 6) is -0.120.